The fourth-order valence-electron chi connectivity index (χ4n) is 2.94. The summed E-state index contributed by atoms with van der Waals surface area (Å²) in [6.45, 7) is 0. The van der Waals surface area contributed by atoms with Crippen LogP contribution in [0, 0.1) is 5.92 Å². The topological polar surface area (TPSA) is 121 Å². The first kappa shape index (κ1) is 20.9. The van der Waals surface area contributed by atoms with Crippen molar-refractivity contribution in [3.8, 4) is 0 Å². The van der Waals surface area contributed by atoms with E-state index in [1.807, 2.05) is 0 Å². The number of nitrogens with zero attached hydrogens (tertiary/aromatic N) is 1. The fourth-order valence-corrected chi connectivity index (χ4v) is 4.24. The number of benzene rings is 1. The van der Waals surface area contributed by atoms with Gasteiger partial charge in [0.05, 0.1) is 10.8 Å². The number of hydrogen-bond donors (Lipinski definition) is 2. The van der Waals surface area contributed by atoms with Crippen LogP contribution in [0.5, 0.6) is 0 Å². The zero-order valence-corrected chi connectivity index (χ0v) is 16.2. The number of aliphatic carboxylic acids is 1. The summed E-state index contributed by atoms with van der Waals surface area (Å²) in [5.41, 5.74) is 0.313. The predicted molar refractivity (Wildman–Crippen MR) is 98.0 cm³/mol. The van der Waals surface area contributed by atoms with Crippen molar-refractivity contribution in [1.82, 2.24) is 10.2 Å². The van der Waals surface area contributed by atoms with E-state index in [2.05, 4.69) is 5.32 Å². The van der Waals surface area contributed by atoms with Crippen LogP contribution < -0.4 is 5.32 Å². The van der Waals surface area contributed by atoms with Gasteiger partial charge in [0, 0.05) is 25.7 Å². The van der Waals surface area contributed by atoms with Crippen molar-refractivity contribution >= 4 is 27.6 Å². The highest BCUT2D eigenvalue weighted by Gasteiger charge is 2.27. The molecular formula is C18H24N2O6S. The minimum absolute atomic E-state index is 0.0174. The molecule has 0 unspecified atom stereocenters. The summed E-state index contributed by atoms with van der Waals surface area (Å²) in [5.74, 6) is -2.63. The van der Waals surface area contributed by atoms with Crippen molar-refractivity contribution in [3.63, 3.8) is 0 Å². The van der Waals surface area contributed by atoms with E-state index in [0.717, 1.165) is 0 Å². The third-order valence-electron chi connectivity index (χ3n) is 4.70. The number of hydrogen-bond acceptors (Lipinski definition) is 5. The van der Waals surface area contributed by atoms with Gasteiger partial charge in [-0.25, -0.2) is 8.42 Å². The molecule has 0 saturated heterocycles. The Morgan fingerprint density at radius 2 is 1.63 bits per heavy atom. The standard InChI is InChI=1S/C18H24N2O6S/c1-20(2)16(21)11-27(25,26)15-9-5-12(6-10-15)17(22)19-14-7-3-13(4-8-14)18(23)24/h5-6,9-10,13-14H,3-4,7-8,11H2,1-2H3,(H,19,22)(H,23,24). The lowest BCUT2D eigenvalue weighted by Crippen LogP contribution is -2.38. The van der Waals surface area contributed by atoms with Gasteiger partial charge < -0.3 is 15.3 Å². The maximum Gasteiger partial charge on any atom is 0.306 e. The molecule has 9 heteroatoms. The van der Waals surface area contributed by atoms with Crippen molar-refractivity contribution in [2.24, 2.45) is 5.92 Å². The summed E-state index contributed by atoms with van der Waals surface area (Å²) in [6, 6.07) is 5.36. The van der Waals surface area contributed by atoms with Gasteiger partial charge in [0.15, 0.2) is 9.84 Å². The third kappa shape index (κ3) is 5.53. The summed E-state index contributed by atoms with van der Waals surface area (Å²) < 4.78 is 24.5. The molecule has 0 heterocycles. The van der Waals surface area contributed by atoms with Crippen molar-refractivity contribution in [2.75, 3.05) is 19.8 Å². The highest BCUT2D eigenvalue weighted by Crippen LogP contribution is 2.24. The molecule has 1 fully saturated rings. The molecule has 0 aliphatic heterocycles. The van der Waals surface area contributed by atoms with Crippen LogP contribution in [0.1, 0.15) is 36.0 Å². The number of rotatable bonds is 6. The molecule has 27 heavy (non-hydrogen) atoms. The van der Waals surface area contributed by atoms with Crippen molar-refractivity contribution in [2.45, 2.75) is 36.6 Å². The van der Waals surface area contributed by atoms with Crippen molar-refractivity contribution in [3.05, 3.63) is 29.8 Å². The van der Waals surface area contributed by atoms with Gasteiger partial charge >= 0.3 is 5.97 Å². The molecule has 1 aromatic carbocycles. The fraction of sp³-hybridized carbons (Fsp3) is 0.500. The first-order valence-electron chi connectivity index (χ1n) is 8.67. The number of carbonyl (C=O) groups excluding carboxylic acids is 2. The number of carbonyl (C=O) groups is 3. The normalized spacial score (nSPS) is 19.9. The van der Waals surface area contributed by atoms with E-state index in [9.17, 15) is 22.8 Å². The second-order valence-electron chi connectivity index (χ2n) is 6.93. The second kappa shape index (κ2) is 8.51. The smallest absolute Gasteiger partial charge is 0.306 e. The van der Waals surface area contributed by atoms with Gasteiger partial charge in [0.1, 0.15) is 5.75 Å². The van der Waals surface area contributed by atoms with E-state index in [4.69, 9.17) is 5.11 Å². The molecular weight excluding hydrogens is 372 g/mol. The summed E-state index contributed by atoms with van der Waals surface area (Å²) in [4.78, 5) is 36.1. The van der Waals surface area contributed by atoms with Gasteiger partial charge in [-0.2, -0.15) is 0 Å². The molecule has 8 nitrogen and oxygen atoms in total. The van der Waals surface area contributed by atoms with Gasteiger partial charge in [0.25, 0.3) is 5.91 Å². The maximum atomic E-state index is 12.3. The van der Waals surface area contributed by atoms with Crippen LogP contribution in [-0.4, -0.2) is 62.1 Å². The van der Waals surface area contributed by atoms with Crippen LogP contribution in [0.25, 0.3) is 0 Å². The maximum absolute atomic E-state index is 12.3. The summed E-state index contributed by atoms with van der Waals surface area (Å²) >= 11 is 0. The summed E-state index contributed by atoms with van der Waals surface area (Å²) in [7, 11) is -0.804. The van der Waals surface area contributed by atoms with Crippen molar-refractivity contribution < 1.29 is 27.9 Å². The summed E-state index contributed by atoms with van der Waals surface area (Å²) in [5, 5.41) is 11.9. The van der Waals surface area contributed by atoms with Crippen LogP contribution in [0.3, 0.4) is 0 Å². The van der Waals surface area contributed by atoms with Crippen LogP contribution in [0.2, 0.25) is 0 Å². The average Bonchev–Trinajstić information content (AvgIpc) is 2.61. The quantitative estimate of drug-likeness (QED) is 0.738. The highest BCUT2D eigenvalue weighted by atomic mass is 32.2. The molecule has 0 radical (unpaired) electrons. The van der Waals surface area contributed by atoms with E-state index < -0.39 is 27.5 Å². The van der Waals surface area contributed by atoms with Gasteiger partial charge in [-0.05, 0) is 49.9 Å². The zero-order valence-electron chi connectivity index (χ0n) is 15.3. The first-order chi connectivity index (χ1) is 12.6. The molecule has 148 valence electrons. The predicted octanol–water partition coefficient (Wildman–Crippen LogP) is 0.922. The van der Waals surface area contributed by atoms with E-state index in [1.54, 1.807) is 0 Å². The molecule has 1 aliphatic carbocycles. The Bertz CT molecular complexity index is 809. The molecule has 0 atom stereocenters. The molecule has 2 rings (SSSR count). The average molecular weight is 396 g/mol. The molecule has 1 aromatic rings. The lowest BCUT2D eigenvalue weighted by molar-refractivity contribution is -0.142. The Labute approximate surface area is 158 Å². The molecule has 2 amide bonds. The number of sulfone groups is 1. The number of carboxylic acids is 1. The van der Waals surface area contributed by atoms with E-state index in [0.29, 0.717) is 31.2 Å². The summed E-state index contributed by atoms with van der Waals surface area (Å²) in [6.07, 6.45) is 2.25. The minimum Gasteiger partial charge on any atom is -0.481 e. The molecule has 1 aliphatic rings. The highest BCUT2D eigenvalue weighted by molar-refractivity contribution is 7.92. The SMILES string of the molecule is CN(C)C(=O)CS(=O)(=O)c1ccc(C(=O)NC2CCC(C(=O)O)CC2)cc1. The van der Waals surface area contributed by atoms with Crippen LogP contribution >= 0.6 is 0 Å². The van der Waals surface area contributed by atoms with E-state index in [1.165, 1.54) is 43.3 Å². The Morgan fingerprint density at radius 3 is 2.11 bits per heavy atom. The minimum atomic E-state index is -3.77. The van der Waals surface area contributed by atoms with Gasteiger partial charge in [-0.1, -0.05) is 0 Å². The van der Waals surface area contributed by atoms with E-state index >= 15 is 0 Å². The largest absolute Gasteiger partial charge is 0.481 e. The Kier molecular flexibility index (Phi) is 6.59. The van der Waals surface area contributed by atoms with Crippen LogP contribution in [0.15, 0.2) is 29.2 Å². The van der Waals surface area contributed by atoms with Crippen LogP contribution in [0.4, 0.5) is 0 Å². The number of nitrogens with one attached hydrogen (secondary N) is 1. The second-order valence-corrected chi connectivity index (χ2v) is 8.92. The molecule has 1 saturated carbocycles. The van der Waals surface area contributed by atoms with Gasteiger partial charge in [-0.3, -0.25) is 14.4 Å². The molecule has 0 bridgehead atoms. The lowest BCUT2D eigenvalue weighted by atomic mass is 9.86. The van der Waals surface area contributed by atoms with Gasteiger partial charge in [0.2, 0.25) is 5.91 Å². The Hall–Kier alpha value is -2.42. The molecule has 2 N–H and O–H groups in total. The van der Waals surface area contributed by atoms with Crippen molar-refractivity contribution in [1.29, 1.82) is 0 Å². The van der Waals surface area contributed by atoms with Crippen LogP contribution in [-0.2, 0) is 19.4 Å². The third-order valence-corrected chi connectivity index (χ3v) is 6.32. The first-order valence-corrected chi connectivity index (χ1v) is 10.3. The Morgan fingerprint density at radius 1 is 1.07 bits per heavy atom. The van der Waals surface area contributed by atoms with E-state index in [-0.39, 0.29) is 22.8 Å². The number of amides is 2. The lowest BCUT2D eigenvalue weighted by Gasteiger charge is -2.26. The Balaban J connectivity index is 1.97. The number of carboxylic acid groups (broad SMARTS) is 1. The van der Waals surface area contributed by atoms with Gasteiger partial charge in [-0.15, -0.1) is 0 Å². The monoisotopic (exact) mass is 396 g/mol. The molecule has 0 spiro atoms. The zero-order chi connectivity index (χ0) is 20.2. The molecule has 0 aromatic heterocycles.